The molecule has 0 atom stereocenters. The third-order valence-corrected chi connectivity index (χ3v) is 2.04. The van der Waals surface area contributed by atoms with Gasteiger partial charge in [-0.2, -0.15) is 24.3 Å². The van der Waals surface area contributed by atoms with E-state index in [1.165, 1.54) is 11.1 Å². The van der Waals surface area contributed by atoms with Gasteiger partial charge in [0.1, 0.15) is 0 Å². The summed E-state index contributed by atoms with van der Waals surface area (Å²) in [7, 11) is 0. The van der Waals surface area contributed by atoms with Crippen molar-refractivity contribution >= 4 is 15.9 Å². The molecule has 0 bridgehead atoms. The zero-order valence-electron chi connectivity index (χ0n) is 5.34. The predicted octanol–water partition coefficient (Wildman–Crippen LogP) is 3.27. The summed E-state index contributed by atoms with van der Waals surface area (Å²) in [5.41, 5.74) is 2.60. The molecule has 50 valence electrons. The Balaban J connectivity index is 2.76. The van der Waals surface area contributed by atoms with Crippen molar-refractivity contribution in [3.8, 4) is 11.1 Å². The van der Waals surface area contributed by atoms with Gasteiger partial charge in [-0.1, -0.05) is 28.1 Å². The van der Waals surface area contributed by atoms with E-state index in [4.69, 9.17) is 0 Å². The summed E-state index contributed by atoms with van der Waals surface area (Å²) in [5, 5.41) is 0. The minimum absolute atomic E-state index is 1.16. The first-order valence-corrected chi connectivity index (χ1v) is 3.96. The fraction of sp³-hybridized carbons (Fsp3) is 0. The summed E-state index contributed by atoms with van der Waals surface area (Å²) < 4.78 is 1.16. The Bertz CT molecular complexity index is 279. The van der Waals surface area contributed by atoms with Crippen molar-refractivity contribution < 1.29 is 0 Å². The smallest absolute Gasteiger partial charge is 0.00451 e. The van der Waals surface area contributed by atoms with Crippen LogP contribution in [0.3, 0.4) is 0 Å². The minimum atomic E-state index is 1.16. The normalized spacial score (nSPS) is 10.5. The van der Waals surface area contributed by atoms with Gasteiger partial charge in [-0.3, -0.25) is 0 Å². The summed E-state index contributed by atoms with van der Waals surface area (Å²) in [6.07, 6.45) is 0. The highest BCUT2D eigenvalue weighted by atomic mass is 79.9. The van der Waals surface area contributed by atoms with Crippen LogP contribution in [0, 0.1) is 0 Å². The third-order valence-electron chi connectivity index (χ3n) is 1.58. The molecule has 10 heavy (non-hydrogen) atoms. The number of fused-ring (bicyclic) bond motifs is 1. The summed E-state index contributed by atoms with van der Waals surface area (Å²) in [6.45, 7) is 0. The number of rotatable bonds is 0. The van der Waals surface area contributed by atoms with Crippen molar-refractivity contribution in [1.82, 2.24) is 0 Å². The second kappa shape index (κ2) is 2.17. The molecule has 0 heterocycles. The molecule has 2 rings (SSSR count). The van der Waals surface area contributed by atoms with E-state index in [2.05, 4.69) is 52.3 Å². The van der Waals surface area contributed by atoms with E-state index in [-0.39, 0.29) is 0 Å². The molecule has 2 aliphatic carbocycles. The Morgan fingerprint density at radius 1 is 1.20 bits per heavy atom. The van der Waals surface area contributed by atoms with E-state index in [0.29, 0.717) is 0 Å². The summed E-state index contributed by atoms with van der Waals surface area (Å²) in [5.74, 6) is 0. The fourth-order valence-corrected chi connectivity index (χ4v) is 1.61. The Labute approximate surface area is 68.3 Å². The summed E-state index contributed by atoms with van der Waals surface area (Å²) in [4.78, 5) is 0. The second-order valence-electron chi connectivity index (χ2n) is 2.30. The minimum Gasteiger partial charge on any atom is -0.172 e. The van der Waals surface area contributed by atoms with Gasteiger partial charge in [-0.25, -0.2) is 0 Å². The highest BCUT2D eigenvalue weighted by Crippen LogP contribution is 2.28. The standard InChI is InChI=1S/C9H6Br/c10-9-5-7-3-1-2-4-8(7)6-9/h1-6H/q-1. The number of hydrogen-bond acceptors (Lipinski definition) is 0. The van der Waals surface area contributed by atoms with Crippen molar-refractivity contribution in [3.63, 3.8) is 0 Å². The lowest BCUT2D eigenvalue weighted by Gasteiger charge is -2.02. The van der Waals surface area contributed by atoms with Gasteiger partial charge in [0.15, 0.2) is 0 Å². The van der Waals surface area contributed by atoms with Crippen LogP contribution in [0.2, 0.25) is 0 Å². The molecule has 0 saturated carbocycles. The van der Waals surface area contributed by atoms with E-state index in [1.54, 1.807) is 0 Å². The van der Waals surface area contributed by atoms with Gasteiger partial charge in [-0.05, 0) is 0 Å². The molecular weight excluding hydrogens is 188 g/mol. The van der Waals surface area contributed by atoms with Crippen LogP contribution in [-0.4, -0.2) is 0 Å². The zero-order chi connectivity index (χ0) is 6.97. The van der Waals surface area contributed by atoms with Gasteiger partial charge in [-0.15, -0.1) is 11.1 Å². The van der Waals surface area contributed by atoms with Crippen LogP contribution in [0.4, 0.5) is 0 Å². The van der Waals surface area contributed by atoms with E-state index in [1.807, 2.05) is 0 Å². The first-order valence-electron chi connectivity index (χ1n) is 3.17. The molecule has 0 nitrogen and oxygen atoms in total. The maximum atomic E-state index is 3.42. The van der Waals surface area contributed by atoms with Crippen LogP contribution in [0.1, 0.15) is 0 Å². The molecule has 0 aliphatic heterocycles. The molecule has 0 amide bonds. The van der Waals surface area contributed by atoms with Crippen LogP contribution in [-0.2, 0) is 0 Å². The molecule has 1 heteroatoms. The second-order valence-corrected chi connectivity index (χ2v) is 3.22. The maximum absolute atomic E-state index is 3.42. The van der Waals surface area contributed by atoms with Crippen molar-refractivity contribution in [1.29, 1.82) is 0 Å². The number of hydrogen-bond donors (Lipinski definition) is 0. The largest absolute Gasteiger partial charge is 0.172 e. The number of benzene rings is 1. The van der Waals surface area contributed by atoms with Gasteiger partial charge in [0.05, 0.1) is 0 Å². The molecule has 0 aromatic rings. The molecular formula is C9H6Br-. The third kappa shape index (κ3) is 0.868. The molecule has 0 radical (unpaired) electrons. The van der Waals surface area contributed by atoms with Crippen molar-refractivity contribution in [2.45, 2.75) is 0 Å². The topological polar surface area (TPSA) is 0 Å². The molecule has 0 aromatic heterocycles. The van der Waals surface area contributed by atoms with Gasteiger partial charge in [0.25, 0.3) is 0 Å². The van der Waals surface area contributed by atoms with Crippen LogP contribution in [0.5, 0.6) is 0 Å². The van der Waals surface area contributed by atoms with Crippen molar-refractivity contribution in [3.05, 3.63) is 40.9 Å². The lowest BCUT2D eigenvalue weighted by Crippen LogP contribution is -1.67. The highest BCUT2D eigenvalue weighted by Gasteiger charge is 1.93. The molecule has 0 fully saturated rings. The van der Waals surface area contributed by atoms with Gasteiger partial charge in [0.2, 0.25) is 0 Å². The summed E-state index contributed by atoms with van der Waals surface area (Å²) >= 11 is 3.42. The van der Waals surface area contributed by atoms with Crippen LogP contribution < -0.4 is 0 Å². The lowest BCUT2D eigenvalue weighted by atomic mass is 10.1. The van der Waals surface area contributed by atoms with Crippen molar-refractivity contribution in [2.75, 3.05) is 0 Å². The first-order chi connectivity index (χ1) is 4.86. The lowest BCUT2D eigenvalue weighted by molar-refractivity contribution is 1.71. The van der Waals surface area contributed by atoms with E-state index in [0.717, 1.165) is 4.47 Å². The molecule has 0 aromatic carbocycles. The Morgan fingerprint density at radius 3 is 2.80 bits per heavy atom. The van der Waals surface area contributed by atoms with Crippen LogP contribution in [0.15, 0.2) is 40.9 Å². The Hall–Kier alpha value is -0.690. The van der Waals surface area contributed by atoms with Crippen LogP contribution >= 0.6 is 15.9 Å². The molecule has 2 aliphatic rings. The molecule has 0 saturated heterocycles. The van der Waals surface area contributed by atoms with Gasteiger partial charge >= 0.3 is 0 Å². The van der Waals surface area contributed by atoms with Gasteiger partial charge < -0.3 is 0 Å². The SMILES string of the molecule is Brc1cc2cc[cH-]cc-2c1. The maximum Gasteiger partial charge on any atom is 0.00451 e. The predicted molar refractivity (Wildman–Crippen MR) is 46.4 cm³/mol. The highest BCUT2D eigenvalue weighted by molar-refractivity contribution is 9.10. The summed E-state index contributed by atoms with van der Waals surface area (Å²) in [6, 6.07) is 12.6. The molecule has 0 unspecified atom stereocenters. The monoisotopic (exact) mass is 193 g/mol. The van der Waals surface area contributed by atoms with E-state index < -0.39 is 0 Å². The average Bonchev–Trinajstić information content (AvgIpc) is 2.27. The van der Waals surface area contributed by atoms with E-state index >= 15 is 0 Å². The first kappa shape index (κ1) is 6.05. The fourth-order valence-electron chi connectivity index (χ4n) is 1.11. The zero-order valence-corrected chi connectivity index (χ0v) is 6.93. The Kier molecular flexibility index (Phi) is 1.31. The Morgan fingerprint density at radius 2 is 2.00 bits per heavy atom. The quantitative estimate of drug-likeness (QED) is 0.564. The number of halogens is 1. The molecule has 0 N–H and O–H groups in total. The van der Waals surface area contributed by atoms with Crippen LogP contribution in [0.25, 0.3) is 11.1 Å². The molecule has 0 spiro atoms. The average molecular weight is 194 g/mol. The van der Waals surface area contributed by atoms with E-state index in [9.17, 15) is 0 Å². The van der Waals surface area contributed by atoms with Gasteiger partial charge in [0, 0.05) is 4.47 Å². The van der Waals surface area contributed by atoms with Crippen molar-refractivity contribution in [2.24, 2.45) is 0 Å².